The molecule has 0 radical (unpaired) electrons. The molecule has 18 heavy (non-hydrogen) atoms. The number of nitriles is 1. The summed E-state index contributed by atoms with van der Waals surface area (Å²) in [6, 6.07) is 9.88. The average Bonchev–Trinajstić information content (AvgIpc) is 2.34. The van der Waals surface area contributed by atoms with Gasteiger partial charge in [0.05, 0.1) is 11.6 Å². The summed E-state index contributed by atoms with van der Waals surface area (Å²) in [5.41, 5.74) is 6.93. The summed E-state index contributed by atoms with van der Waals surface area (Å²) in [5, 5.41) is 18.3. The Morgan fingerprint density at radius 2 is 2.17 bits per heavy atom. The van der Waals surface area contributed by atoms with Crippen molar-refractivity contribution >= 4 is 5.69 Å². The normalized spacial score (nSPS) is 9.78. The van der Waals surface area contributed by atoms with Gasteiger partial charge in [0.1, 0.15) is 11.4 Å². The minimum absolute atomic E-state index is 0.0549. The number of pyridine rings is 1. The maximum Gasteiger partial charge on any atom is 0.220 e. The molecule has 0 saturated heterocycles. The Labute approximate surface area is 104 Å². The number of aromatic nitrogens is 1. The van der Waals surface area contributed by atoms with E-state index in [0.717, 1.165) is 0 Å². The van der Waals surface area contributed by atoms with Crippen molar-refractivity contribution in [3.05, 3.63) is 41.6 Å². The van der Waals surface area contributed by atoms with E-state index in [0.29, 0.717) is 17.0 Å². The fourth-order valence-corrected chi connectivity index (χ4v) is 1.49. The van der Waals surface area contributed by atoms with Gasteiger partial charge >= 0.3 is 0 Å². The van der Waals surface area contributed by atoms with E-state index in [1.807, 2.05) is 6.07 Å². The maximum atomic E-state index is 9.46. The number of nitrogens with two attached hydrogens (primary N) is 1. The molecule has 2 aromatic rings. The lowest BCUT2D eigenvalue weighted by atomic mass is 10.2. The highest BCUT2D eigenvalue weighted by Gasteiger charge is 2.08. The number of ether oxygens (including phenoxy) is 1. The molecule has 1 heterocycles. The van der Waals surface area contributed by atoms with Gasteiger partial charge in [-0.1, -0.05) is 6.07 Å². The van der Waals surface area contributed by atoms with Crippen LogP contribution in [0.5, 0.6) is 17.4 Å². The van der Waals surface area contributed by atoms with Crippen LogP contribution in [0.2, 0.25) is 0 Å². The number of nitrogen functional groups attached to an aromatic ring is 1. The van der Waals surface area contributed by atoms with Gasteiger partial charge in [-0.15, -0.1) is 0 Å². The van der Waals surface area contributed by atoms with Crippen LogP contribution in [0.25, 0.3) is 0 Å². The third-order valence-electron chi connectivity index (χ3n) is 2.32. The van der Waals surface area contributed by atoms with Crippen LogP contribution < -0.4 is 10.5 Å². The lowest BCUT2D eigenvalue weighted by Crippen LogP contribution is -1.95. The first kappa shape index (κ1) is 11.7. The molecule has 0 fully saturated rings. The van der Waals surface area contributed by atoms with Crippen LogP contribution in [0.15, 0.2) is 30.3 Å². The van der Waals surface area contributed by atoms with Gasteiger partial charge in [-0.05, 0) is 25.1 Å². The summed E-state index contributed by atoms with van der Waals surface area (Å²) in [4.78, 5) is 4.14. The molecule has 1 aromatic carbocycles. The summed E-state index contributed by atoms with van der Waals surface area (Å²) in [5.74, 6) is 0.515. The smallest absolute Gasteiger partial charge is 0.220 e. The number of para-hydroxylation sites is 1. The Morgan fingerprint density at radius 3 is 2.89 bits per heavy atom. The summed E-state index contributed by atoms with van der Waals surface area (Å²) in [6.07, 6.45) is 0. The second-order valence-electron chi connectivity index (χ2n) is 3.74. The molecule has 3 N–H and O–H groups in total. The van der Waals surface area contributed by atoms with E-state index >= 15 is 0 Å². The molecule has 0 atom stereocenters. The summed E-state index contributed by atoms with van der Waals surface area (Å²) in [7, 11) is 0. The Kier molecular flexibility index (Phi) is 3.02. The number of phenolic OH excluding ortho intramolecular Hbond substituents is 1. The fourth-order valence-electron chi connectivity index (χ4n) is 1.49. The third kappa shape index (κ3) is 2.33. The topological polar surface area (TPSA) is 92.2 Å². The van der Waals surface area contributed by atoms with Crippen LogP contribution in [-0.4, -0.2) is 10.1 Å². The van der Waals surface area contributed by atoms with E-state index in [1.54, 1.807) is 25.1 Å². The molecule has 90 valence electrons. The second-order valence-corrected chi connectivity index (χ2v) is 3.74. The van der Waals surface area contributed by atoms with Crippen LogP contribution in [-0.2, 0) is 0 Å². The fraction of sp³-hybridized carbons (Fsp3) is 0.0769. The zero-order chi connectivity index (χ0) is 13.1. The van der Waals surface area contributed by atoms with E-state index in [4.69, 9.17) is 15.7 Å². The van der Waals surface area contributed by atoms with Gasteiger partial charge in [-0.3, -0.25) is 0 Å². The van der Waals surface area contributed by atoms with Crippen molar-refractivity contribution in [3.63, 3.8) is 0 Å². The number of rotatable bonds is 2. The van der Waals surface area contributed by atoms with Crippen molar-refractivity contribution in [2.45, 2.75) is 6.92 Å². The molecule has 5 nitrogen and oxygen atoms in total. The van der Waals surface area contributed by atoms with E-state index in [-0.39, 0.29) is 17.3 Å². The highest BCUT2D eigenvalue weighted by atomic mass is 16.5. The van der Waals surface area contributed by atoms with Gasteiger partial charge in [0.15, 0.2) is 5.75 Å². The van der Waals surface area contributed by atoms with E-state index in [2.05, 4.69) is 4.98 Å². The molecule has 1 aromatic heterocycles. The summed E-state index contributed by atoms with van der Waals surface area (Å²) in [6.45, 7) is 1.76. The Bertz CT molecular complexity index is 633. The molecule has 0 bridgehead atoms. The van der Waals surface area contributed by atoms with Crippen LogP contribution in [0, 0.1) is 18.3 Å². The van der Waals surface area contributed by atoms with Crippen molar-refractivity contribution in [1.29, 1.82) is 5.26 Å². The second kappa shape index (κ2) is 4.63. The van der Waals surface area contributed by atoms with Crippen molar-refractivity contribution in [2.75, 3.05) is 5.73 Å². The van der Waals surface area contributed by atoms with Gasteiger partial charge in [-0.25, -0.2) is 4.98 Å². The van der Waals surface area contributed by atoms with E-state index in [1.165, 1.54) is 12.1 Å². The lowest BCUT2D eigenvalue weighted by Gasteiger charge is -2.09. The standard InChI is InChI=1S/C13H11N3O2/c1-8-5-9(7-14)6-12(16-8)18-11-4-2-3-10(17)13(11)15/h2-6,17H,15H2,1H3. The van der Waals surface area contributed by atoms with Crippen molar-refractivity contribution in [2.24, 2.45) is 0 Å². The van der Waals surface area contributed by atoms with Crippen LogP contribution in [0.1, 0.15) is 11.3 Å². The first-order valence-corrected chi connectivity index (χ1v) is 5.24. The molecule has 5 heteroatoms. The van der Waals surface area contributed by atoms with Crippen molar-refractivity contribution < 1.29 is 9.84 Å². The van der Waals surface area contributed by atoms with Crippen molar-refractivity contribution in [1.82, 2.24) is 4.98 Å². The van der Waals surface area contributed by atoms with Gasteiger partial charge in [0.25, 0.3) is 0 Å². The predicted molar refractivity (Wildman–Crippen MR) is 66.3 cm³/mol. The number of phenols is 1. The molecular formula is C13H11N3O2. The number of aromatic hydroxyl groups is 1. The Morgan fingerprint density at radius 1 is 1.39 bits per heavy atom. The highest BCUT2D eigenvalue weighted by Crippen LogP contribution is 2.33. The molecule has 0 aliphatic heterocycles. The van der Waals surface area contributed by atoms with Gasteiger partial charge in [0, 0.05) is 11.8 Å². The first-order chi connectivity index (χ1) is 8.60. The molecule has 0 spiro atoms. The number of benzene rings is 1. The molecule has 0 unspecified atom stereocenters. The summed E-state index contributed by atoms with van der Waals surface area (Å²) < 4.78 is 5.47. The quantitative estimate of drug-likeness (QED) is 0.621. The predicted octanol–water partition coefficient (Wildman–Crippen LogP) is 2.34. The number of hydrogen-bond donors (Lipinski definition) is 2. The Balaban J connectivity index is 2.37. The molecule has 0 amide bonds. The molecule has 0 saturated carbocycles. The SMILES string of the molecule is Cc1cc(C#N)cc(Oc2cccc(O)c2N)n1. The van der Waals surface area contributed by atoms with Gasteiger partial charge < -0.3 is 15.6 Å². The maximum absolute atomic E-state index is 9.46. The van der Waals surface area contributed by atoms with Crippen LogP contribution in [0.3, 0.4) is 0 Å². The summed E-state index contributed by atoms with van der Waals surface area (Å²) >= 11 is 0. The first-order valence-electron chi connectivity index (χ1n) is 5.24. The number of anilines is 1. The van der Waals surface area contributed by atoms with Crippen molar-refractivity contribution in [3.8, 4) is 23.4 Å². The number of nitrogens with zero attached hydrogens (tertiary/aromatic N) is 2. The molecular weight excluding hydrogens is 230 g/mol. The molecule has 0 aliphatic rings. The van der Waals surface area contributed by atoms with Crippen LogP contribution >= 0.6 is 0 Å². The average molecular weight is 241 g/mol. The van der Waals surface area contributed by atoms with Gasteiger partial charge in [0.2, 0.25) is 5.88 Å². The van der Waals surface area contributed by atoms with E-state index < -0.39 is 0 Å². The monoisotopic (exact) mass is 241 g/mol. The zero-order valence-electron chi connectivity index (χ0n) is 9.71. The molecule has 0 aliphatic carbocycles. The Hall–Kier alpha value is -2.74. The van der Waals surface area contributed by atoms with Gasteiger partial charge in [-0.2, -0.15) is 5.26 Å². The van der Waals surface area contributed by atoms with Crippen LogP contribution in [0.4, 0.5) is 5.69 Å². The minimum atomic E-state index is -0.0549. The largest absolute Gasteiger partial charge is 0.506 e. The third-order valence-corrected chi connectivity index (χ3v) is 2.32. The highest BCUT2D eigenvalue weighted by molar-refractivity contribution is 5.62. The zero-order valence-corrected chi connectivity index (χ0v) is 9.71. The number of hydrogen-bond acceptors (Lipinski definition) is 5. The molecule has 2 rings (SSSR count). The minimum Gasteiger partial charge on any atom is -0.506 e. The lowest BCUT2D eigenvalue weighted by molar-refractivity contribution is 0.449. The number of aryl methyl sites for hydroxylation is 1. The van der Waals surface area contributed by atoms with E-state index in [9.17, 15) is 5.11 Å².